The molecular formula is C15H20N2O2. The van der Waals surface area contributed by atoms with Crippen LogP contribution in [0.25, 0.3) is 0 Å². The van der Waals surface area contributed by atoms with Crippen LogP contribution in [0.2, 0.25) is 0 Å². The van der Waals surface area contributed by atoms with Gasteiger partial charge in [-0.1, -0.05) is 26.0 Å². The van der Waals surface area contributed by atoms with Crippen molar-refractivity contribution >= 4 is 5.91 Å². The van der Waals surface area contributed by atoms with E-state index in [1.807, 2.05) is 19.9 Å². The number of carbonyl (C=O) groups is 1. The number of amides is 1. The van der Waals surface area contributed by atoms with Crippen molar-refractivity contribution in [2.24, 2.45) is 5.92 Å². The van der Waals surface area contributed by atoms with Gasteiger partial charge in [0, 0.05) is 12.6 Å². The highest BCUT2D eigenvalue weighted by atomic mass is 16.3. The Morgan fingerprint density at radius 3 is 2.47 bits per heavy atom. The van der Waals surface area contributed by atoms with Gasteiger partial charge < -0.3 is 10.4 Å². The molecule has 0 saturated heterocycles. The lowest BCUT2D eigenvalue weighted by molar-refractivity contribution is -0.121. The molecule has 0 bridgehead atoms. The summed E-state index contributed by atoms with van der Waals surface area (Å²) < 4.78 is 0. The van der Waals surface area contributed by atoms with Crippen LogP contribution < -0.4 is 5.32 Å². The number of aliphatic hydroxyl groups is 1. The highest BCUT2D eigenvalue weighted by Gasteiger charge is 2.15. The smallest absolute Gasteiger partial charge is 0.224 e. The Hall–Kier alpha value is -1.86. The summed E-state index contributed by atoms with van der Waals surface area (Å²) in [5.74, 6) is 0.230. The van der Waals surface area contributed by atoms with E-state index in [1.54, 1.807) is 24.3 Å². The second-order valence-electron chi connectivity index (χ2n) is 4.92. The van der Waals surface area contributed by atoms with E-state index in [4.69, 9.17) is 10.4 Å². The molecule has 0 aliphatic carbocycles. The molecule has 2 N–H and O–H groups in total. The van der Waals surface area contributed by atoms with Gasteiger partial charge in [0.15, 0.2) is 0 Å². The van der Waals surface area contributed by atoms with Crippen molar-refractivity contribution in [3.8, 4) is 6.07 Å². The summed E-state index contributed by atoms with van der Waals surface area (Å²) in [6.07, 6.45) is 0.858. The van der Waals surface area contributed by atoms with Gasteiger partial charge in [0.25, 0.3) is 0 Å². The Kier molecular flexibility index (Phi) is 6.04. The first-order chi connectivity index (χ1) is 9.06. The highest BCUT2D eigenvalue weighted by Crippen LogP contribution is 2.08. The lowest BCUT2D eigenvalue weighted by Gasteiger charge is -2.21. The summed E-state index contributed by atoms with van der Waals surface area (Å²) in [5.41, 5.74) is 1.47. The second-order valence-corrected chi connectivity index (χ2v) is 4.92. The molecule has 1 unspecified atom stereocenters. The number of hydrogen-bond donors (Lipinski definition) is 2. The molecule has 1 amide bonds. The van der Waals surface area contributed by atoms with Gasteiger partial charge in [-0.05, 0) is 30.0 Å². The number of benzene rings is 1. The Morgan fingerprint density at radius 2 is 2.00 bits per heavy atom. The van der Waals surface area contributed by atoms with Crippen molar-refractivity contribution in [3.05, 3.63) is 35.4 Å². The Bertz CT molecular complexity index is 446. The minimum atomic E-state index is -0.0585. The monoisotopic (exact) mass is 260 g/mol. The molecule has 4 heteroatoms. The number of nitriles is 1. The Labute approximate surface area is 114 Å². The zero-order valence-electron chi connectivity index (χ0n) is 11.4. The third kappa shape index (κ3) is 5.11. The van der Waals surface area contributed by atoms with Gasteiger partial charge in [0.05, 0.1) is 18.1 Å². The summed E-state index contributed by atoms with van der Waals surface area (Å²) in [6, 6.07) is 9.02. The minimum absolute atomic E-state index is 0.00381. The van der Waals surface area contributed by atoms with Crippen molar-refractivity contribution in [3.63, 3.8) is 0 Å². The van der Waals surface area contributed by atoms with E-state index in [-0.39, 0.29) is 24.5 Å². The molecule has 0 spiro atoms. The molecule has 0 radical (unpaired) electrons. The first-order valence-corrected chi connectivity index (χ1v) is 6.46. The van der Waals surface area contributed by atoms with E-state index in [1.165, 1.54) is 0 Å². The first kappa shape index (κ1) is 15.2. The van der Waals surface area contributed by atoms with Gasteiger partial charge in [0.1, 0.15) is 0 Å². The van der Waals surface area contributed by atoms with Gasteiger partial charge in [0.2, 0.25) is 5.91 Å². The van der Waals surface area contributed by atoms with Crippen molar-refractivity contribution in [2.75, 3.05) is 6.61 Å². The van der Waals surface area contributed by atoms with Crippen molar-refractivity contribution in [2.45, 2.75) is 32.7 Å². The fourth-order valence-corrected chi connectivity index (χ4v) is 1.85. The average molecular weight is 260 g/mol. The van der Waals surface area contributed by atoms with Gasteiger partial charge in [-0.25, -0.2) is 0 Å². The van der Waals surface area contributed by atoms with Gasteiger partial charge in [-0.3, -0.25) is 4.79 Å². The van der Waals surface area contributed by atoms with E-state index in [0.717, 1.165) is 5.56 Å². The largest absolute Gasteiger partial charge is 0.396 e. The number of rotatable bonds is 6. The molecule has 0 aromatic heterocycles. The van der Waals surface area contributed by atoms with Crippen LogP contribution in [-0.2, 0) is 11.2 Å². The van der Waals surface area contributed by atoms with Crippen LogP contribution in [0, 0.1) is 17.2 Å². The standard InChI is InChI=1S/C15H20N2O2/c1-11(2)14(7-8-18)17-15(19)9-12-3-5-13(10-16)6-4-12/h3-6,11,14,18H,7-9H2,1-2H3,(H,17,19). The topological polar surface area (TPSA) is 73.1 Å². The quantitative estimate of drug-likeness (QED) is 0.816. The fourth-order valence-electron chi connectivity index (χ4n) is 1.85. The third-order valence-corrected chi connectivity index (χ3v) is 3.04. The van der Waals surface area contributed by atoms with Crippen LogP contribution in [0.1, 0.15) is 31.4 Å². The number of carbonyl (C=O) groups excluding carboxylic acids is 1. The SMILES string of the molecule is CC(C)C(CCO)NC(=O)Cc1ccc(C#N)cc1. The summed E-state index contributed by atoms with van der Waals surface area (Å²) in [4.78, 5) is 11.9. The fraction of sp³-hybridized carbons (Fsp3) is 0.467. The normalized spacial score (nSPS) is 11.9. The number of nitrogens with zero attached hydrogens (tertiary/aromatic N) is 1. The molecule has 4 nitrogen and oxygen atoms in total. The maximum atomic E-state index is 11.9. The van der Waals surface area contributed by atoms with Crippen LogP contribution in [0.5, 0.6) is 0 Å². The van der Waals surface area contributed by atoms with Crippen molar-refractivity contribution < 1.29 is 9.90 Å². The third-order valence-electron chi connectivity index (χ3n) is 3.04. The van der Waals surface area contributed by atoms with Crippen molar-refractivity contribution in [1.82, 2.24) is 5.32 Å². The zero-order chi connectivity index (χ0) is 14.3. The molecule has 0 saturated carbocycles. The number of aliphatic hydroxyl groups excluding tert-OH is 1. The molecule has 0 heterocycles. The number of hydrogen-bond acceptors (Lipinski definition) is 3. The Balaban J connectivity index is 2.56. The predicted molar refractivity (Wildman–Crippen MR) is 73.3 cm³/mol. The van der Waals surface area contributed by atoms with E-state index in [0.29, 0.717) is 18.4 Å². The van der Waals surface area contributed by atoms with Crippen LogP contribution in [0.3, 0.4) is 0 Å². The maximum absolute atomic E-state index is 11.9. The molecular weight excluding hydrogens is 240 g/mol. The second kappa shape index (κ2) is 7.55. The molecule has 1 aromatic rings. The molecule has 0 aliphatic rings. The van der Waals surface area contributed by atoms with Gasteiger partial charge in [-0.15, -0.1) is 0 Å². The average Bonchev–Trinajstić information content (AvgIpc) is 2.39. The lowest BCUT2D eigenvalue weighted by Crippen LogP contribution is -2.40. The summed E-state index contributed by atoms with van der Waals surface area (Å²) >= 11 is 0. The molecule has 1 atom stereocenters. The molecule has 102 valence electrons. The minimum Gasteiger partial charge on any atom is -0.396 e. The van der Waals surface area contributed by atoms with Gasteiger partial charge >= 0.3 is 0 Å². The lowest BCUT2D eigenvalue weighted by atomic mass is 10.0. The molecule has 0 aliphatic heterocycles. The predicted octanol–water partition coefficient (Wildman–Crippen LogP) is 1.62. The van der Waals surface area contributed by atoms with E-state index in [2.05, 4.69) is 5.32 Å². The van der Waals surface area contributed by atoms with Gasteiger partial charge in [-0.2, -0.15) is 5.26 Å². The van der Waals surface area contributed by atoms with Crippen LogP contribution in [0.4, 0.5) is 0 Å². The van der Waals surface area contributed by atoms with Crippen LogP contribution in [0.15, 0.2) is 24.3 Å². The molecule has 1 aromatic carbocycles. The molecule has 19 heavy (non-hydrogen) atoms. The van der Waals surface area contributed by atoms with Crippen LogP contribution >= 0.6 is 0 Å². The Morgan fingerprint density at radius 1 is 1.37 bits per heavy atom. The van der Waals surface area contributed by atoms with E-state index in [9.17, 15) is 4.79 Å². The molecule has 0 fully saturated rings. The maximum Gasteiger partial charge on any atom is 0.224 e. The van der Waals surface area contributed by atoms with Crippen molar-refractivity contribution in [1.29, 1.82) is 5.26 Å². The highest BCUT2D eigenvalue weighted by molar-refractivity contribution is 5.78. The molecule has 1 rings (SSSR count). The number of nitrogens with one attached hydrogen (secondary N) is 1. The van der Waals surface area contributed by atoms with E-state index >= 15 is 0 Å². The summed E-state index contributed by atoms with van der Waals surface area (Å²) in [6.45, 7) is 4.10. The van der Waals surface area contributed by atoms with Crippen LogP contribution in [-0.4, -0.2) is 23.7 Å². The summed E-state index contributed by atoms with van der Waals surface area (Å²) in [5, 5.41) is 20.6. The zero-order valence-corrected chi connectivity index (χ0v) is 11.4. The first-order valence-electron chi connectivity index (χ1n) is 6.46. The van der Waals surface area contributed by atoms with E-state index < -0.39 is 0 Å². The summed E-state index contributed by atoms with van der Waals surface area (Å²) in [7, 11) is 0.